The van der Waals surface area contributed by atoms with Gasteiger partial charge in [-0.25, -0.2) is 0 Å². The van der Waals surface area contributed by atoms with Crippen LogP contribution in [0.1, 0.15) is 26.7 Å². The van der Waals surface area contributed by atoms with Gasteiger partial charge in [-0.2, -0.15) is 0 Å². The van der Waals surface area contributed by atoms with Gasteiger partial charge in [-0.15, -0.1) is 0 Å². The molecule has 4 rings (SSSR count). The third kappa shape index (κ3) is 1.98. The lowest BCUT2D eigenvalue weighted by atomic mass is 9.69. The summed E-state index contributed by atoms with van der Waals surface area (Å²) in [6, 6.07) is 0. The number of carbonyl (C=O) groups excluding carboxylic acids is 3. The maximum atomic E-state index is 12.6. The van der Waals surface area contributed by atoms with Crippen LogP contribution in [0.2, 0.25) is 0 Å². The lowest BCUT2D eigenvalue weighted by Crippen LogP contribution is -2.36. The monoisotopic (exact) mass is 318 g/mol. The lowest BCUT2D eigenvalue weighted by Gasteiger charge is -2.33. The Morgan fingerprint density at radius 1 is 1.22 bits per heavy atom. The minimum Gasteiger partial charge on any atom is -0.436 e. The molecule has 8 unspecified atom stereocenters. The van der Waals surface area contributed by atoms with Gasteiger partial charge in [0.15, 0.2) is 6.29 Å². The number of Topliss-reactive ketones (excluding diaryl/α,β-unsaturated/α-hetero) is 2. The molecule has 5 heteroatoms. The van der Waals surface area contributed by atoms with E-state index in [1.54, 1.807) is 6.92 Å². The normalized spacial score (nSPS) is 44.0. The Morgan fingerprint density at radius 3 is 2.61 bits per heavy atom. The van der Waals surface area contributed by atoms with Crippen LogP contribution in [-0.4, -0.2) is 30.4 Å². The van der Waals surface area contributed by atoms with Crippen molar-refractivity contribution in [1.29, 1.82) is 0 Å². The zero-order valence-electron chi connectivity index (χ0n) is 13.4. The summed E-state index contributed by atoms with van der Waals surface area (Å²) < 4.78 is 10.8. The largest absolute Gasteiger partial charge is 0.436 e. The van der Waals surface area contributed by atoms with Gasteiger partial charge >= 0.3 is 5.97 Å². The van der Waals surface area contributed by atoms with E-state index in [0.29, 0.717) is 13.0 Å². The Labute approximate surface area is 135 Å². The van der Waals surface area contributed by atoms with E-state index < -0.39 is 12.2 Å². The molecular weight excluding hydrogens is 296 g/mol. The van der Waals surface area contributed by atoms with Gasteiger partial charge in [0.2, 0.25) is 0 Å². The maximum absolute atomic E-state index is 12.6. The second-order valence-corrected chi connectivity index (χ2v) is 7.25. The van der Waals surface area contributed by atoms with E-state index in [9.17, 15) is 14.4 Å². The number of fused-ring (bicyclic) bond motifs is 9. The van der Waals surface area contributed by atoms with Crippen LogP contribution in [0, 0.1) is 41.4 Å². The summed E-state index contributed by atoms with van der Waals surface area (Å²) in [6.45, 7) is 4.23. The Morgan fingerprint density at radius 2 is 1.91 bits per heavy atom. The molecule has 0 aromatic rings. The molecule has 3 saturated carbocycles. The average Bonchev–Trinajstić information content (AvgIpc) is 3.22. The number of hydrogen-bond acceptors (Lipinski definition) is 5. The van der Waals surface area contributed by atoms with Crippen LogP contribution in [0.4, 0.5) is 0 Å². The van der Waals surface area contributed by atoms with E-state index >= 15 is 0 Å². The topological polar surface area (TPSA) is 69.7 Å². The molecule has 124 valence electrons. The van der Waals surface area contributed by atoms with Gasteiger partial charge in [0.05, 0.1) is 12.5 Å². The molecule has 0 spiro atoms. The first-order valence-corrected chi connectivity index (χ1v) is 8.62. The molecule has 0 aromatic heterocycles. The van der Waals surface area contributed by atoms with Crippen LogP contribution >= 0.6 is 0 Å². The molecule has 4 aliphatic carbocycles. The van der Waals surface area contributed by atoms with Crippen molar-refractivity contribution in [3.63, 3.8) is 0 Å². The molecule has 23 heavy (non-hydrogen) atoms. The van der Waals surface area contributed by atoms with Crippen molar-refractivity contribution >= 4 is 17.5 Å². The first-order valence-electron chi connectivity index (χ1n) is 8.62. The standard InChI is InChI=1S/C18H22O5/c1-3-6-22-8(2)23-18(21)12-7-11-13-9-4-5-10(16(9)19)14(13)15(12)17(11)20/h4-5,8-15H,3,6-7H2,1-2H3. The Hall–Kier alpha value is -1.49. The quantitative estimate of drug-likeness (QED) is 0.334. The second-order valence-electron chi connectivity index (χ2n) is 7.25. The first kappa shape index (κ1) is 15.1. The molecule has 5 nitrogen and oxygen atoms in total. The molecule has 4 aliphatic rings. The number of ether oxygens (including phenoxy) is 2. The van der Waals surface area contributed by atoms with Crippen molar-refractivity contribution in [2.45, 2.75) is 33.0 Å². The van der Waals surface area contributed by atoms with Gasteiger partial charge < -0.3 is 9.47 Å². The highest BCUT2D eigenvalue weighted by Crippen LogP contribution is 2.64. The van der Waals surface area contributed by atoms with Gasteiger partial charge in [-0.1, -0.05) is 19.1 Å². The molecular formula is C18H22O5. The number of esters is 1. The van der Waals surface area contributed by atoms with E-state index in [-0.39, 0.29) is 53.0 Å². The number of rotatable bonds is 5. The molecule has 0 saturated heterocycles. The molecule has 8 atom stereocenters. The van der Waals surface area contributed by atoms with Crippen molar-refractivity contribution in [1.82, 2.24) is 0 Å². The lowest BCUT2D eigenvalue weighted by molar-refractivity contribution is -0.182. The van der Waals surface area contributed by atoms with Gasteiger partial charge in [-0.3, -0.25) is 14.4 Å². The molecule has 0 aliphatic heterocycles. The smallest absolute Gasteiger partial charge is 0.311 e. The van der Waals surface area contributed by atoms with Crippen molar-refractivity contribution in [2.75, 3.05) is 6.61 Å². The SMILES string of the molecule is CCCOC(C)OC(=O)C1CC2C(=O)C1C1C3C=CC(C3=O)C21. The molecule has 0 heterocycles. The molecule has 0 aromatic carbocycles. The van der Waals surface area contributed by atoms with E-state index in [1.165, 1.54) is 0 Å². The van der Waals surface area contributed by atoms with Crippen molar-refractivity contribution in [2.24, 2.45) is 41.4 Å². The molecule has 3 fully saturated rings. The summed E-state index contributed by atoms with van der Waals surface area (Å²) in [6.07, 6.45) is 4.71. The highest BCUT2D eigenvalue weighted by molar-refractivity contribution is 6.01. The van der Waals surface area contributed by atoms with Crippen LogP contribution in [-0.2, 0) is 23.9 Å². The number of carbonyl (C=O) groups is 3. The summed E-state index contributed by atoms with van der Waals surface area (Å²) in [4.78, 5) is 37.3. The second kappa shape index (κ2) is 5.26. The zero-order chi connectivity index (χ0) is 16.3. The summed E-state index contributed by atoms with van der Waals surface area (Å²) in [7, 11) is 0. The van der Waals surface area contributed by atoms with E-state index in [1.807, 2.05) is 19.1 Å². The van der Waals surface area contributed by atoms with Gasteiger partial charge in [0.1, 0.15) is 11.6 Å². The predicted molar refractivity (Wildman–Crippen MR) is 80.0 cm³/mol. The van der Waals surface area contributed by atoms with Crippen LogP contribution in [0.25, 0.3) is 0 Å². The third-order valence-corrected chi connectivity index (χ3v) is 6.11. The third-order valence-electron chi connectivity index (χ3n) is 6.11. The summed E-state index contributed by atoms with van der Waals surface area (Å²) in [5.41, 5.74) is 0. The predicted octanol–water partition coefficient (Wildman–Crippen LogP) is 1.75. The van der Waals surface area contributed by atoms with Crippen LogP contribution in [0.15, 0.2) is 12.2 Å². The maximum Gasteiger partial charge on any atom is 0.311 e. The number of ketones is 2. The average molecular weight is 318 g/mol. The zero-order valence-corrected chi connectivity index (χ0v) is 13.4. The van der Waals surface area contributed by atoms with E-state index in [2.05, 4.69) is 0 Å². The molecule has 0 amide bonds. The van der Waals surface area contributed by atoms with E-state index in [0.717, 1.165) is 6.42 Å². The molecule has 4 bridgehead atoms. The van der Waals surface area contributed by atoms with Gasteiger partial charge in [0.25, 0.3) is 0 Å². The molecule has 0 radical (unpaired) electrons. The first-order chi connectivity index (χ1) is 11.0. The highest BCUT2D eigenvalue weighted by Gasteiger charge is 2.69. The molecule has 0 N–H and O–H groups in total. The van der Waals surface area contributed by atoms with Crippen molar-refractivity contribution < 1.29 is 23.9 Å². The fourth-order valence-electron chi connectivity index (χ4n) is 5.35. The summed E-state index contributed by atoms with van der Waals surface area (Å²) >= 11 is 0. The summed E-state index contributed by atoms with van der Waals surface area (Å²) in [5, 5.41) is 0. The Kier molecular flexibility index (Phi) is 3.45. The number of hydrogen-bond donors (Lipinski definition) is 0. The number of allylic oxidation sites excluding steroid dienone is 2. The van der Waals surface area contributed by atoms with Crippen molar-refractivity contribution in [3.8, 4) is 0 Å². The fourth-order valence-corrected chi connectivity index (χ4v) is 5.35. The van der Waals surface area contributed by atoms with Crippen LogP contribution < -0.4 is 0 Å². The minimum absolute atomic E-state index is 0.0215. The Bertz CT molecular complexity index is 594. The van der Waals surface area contributed by atoms with Crippen LogP contribution in [0.5, 0.6) is 0 Å². The van der Waals surface area contributed by atoms with Gasteiger partial charge in [0, 0.05) is 23.7 Å². The van der Waals surface area contributed by atoms with Gasteiger partial charge in [-0.05, 0) is 31.6 Å². The van der Waals surface area contributed by atoms with E-state index in [4.69, 9.17) is 9.47 Å². The minimum atomic E-state index is -0.589. The Balaban J connectivity index is 1.49. The highest BCUT2D eigenvalue weighted by atomic mass is 16.7. The fraction of sp³-hybridized carbons (Fsp3) is 0.722. The summed E-state index contributed by atoms with van der Waals surface area (Å²) in [5.74, 6) is -0.888. The van der Waals surface area contributed by atoms with Crippen LogP contribution in [0.3, 0.4) is 0 Å². The van der Waals surface area contributed by atoms with Crippen molar-refractivity contribution in [3.05, 3.63) is 12.2 Å².